The number of nitrogens with zero attached hydrogens (tertiary/aromatic N) is 1. The van der Waals surface area contributed by atoms with Crippen molar-refractivity contribution < 1.29 is 22.7 Å². The molecule has 2 aromatic carbocycles. The summed E-state index contributed by atoms with van der Waals surface area (Å²) in [5, 5.41) is 0.613. The molecule has 1 saturated heterocycles. The van der Waals surface area contributed by atoms with E-state index in [1.165, 1.54) is 34.6 Å². The van der Waals surface area contributed by atoms with Crippen molar-refractivity contribution in [2.75, 3.05) is 26.3 Å². The van der Waals surface area contributed by atoms with Crippen molar-refractivity contribution in [3.05, 3.63) is 65.2 Å². The summed E-state index contributed by atoms with van der Waals surface area (Å²) in [6.45, 7) is 1.42. The molecule has 0 saturated carbocycles. The number of sulfonamides is 1. The summed E-state index contributed by atoms with van der Waals surface area (Å²) in [4.78, 5) is 12.1. The van der Waals surface area contributed by atoms with Crippen LogP contribution in [0.5, 0.6) is 5.75 Å². The number of carbonyl (C=O) groups excluding carboxylic acids is 1. The third-order valence-electron chi connectivity index (χ3n) is 3.93. The lowest BCUT2D eigenvalue weighted by Crippen LogP contribution is -2.40. The van der Waals surface area contributed by atoms with Crippen LogP contribution >= 0.6 is 11.6 Å². The van der Waals surface area contributed by atoms with E-state index in [-0.39, 0.29) is 10.6 Å². The summed E-state index contributed by atoms with van der Waals surface area (Å²) in [5.41, 5.74) is 0.809. The highest BCUT2D eigenvalue weighted by atomic mass is 35.5. The molecule has 3 rings (SSSR count). The lowest BCUT2D eigenvalue weighted by Gasteiger charge is -2.26. The number of halogens is 1. The van der Waals surface area contributed by atoms with Crippen molar-refractivity contribution in [3.63, 3.8) is 0 Å². The van der Waals surface area contributed by atoms with Gasteiger partial charge in [0.05, 0.1) is 18.1 Å². The maximum Gasteiger partial charge on any atom is 0.336 e. The Labute approximate surface area is 163 Å². The molecule has 0 N–H and O–H groups in total. The Bertz CT molecular complexity index is 918. The minimum atomic E-state index is -3.57. The lowest BCUT2D eigenvalue weighted by molar-refractivity contribution is -0.128. The summed E-state index contributed by atoms with van der Waals surface area (Å²) >= 11 is 5.81. The molecule has 2 aromatic rings. The van der Waals surface area contributed by atoms with Gasteiger partial charge in [0.1, 0.15) is 5.75 Å². The van der Waals surface area contributed by atoms with E-state index in [1.807, 2.05) is 0 Å². The zero-order valence-electron chi connectivity index (χ0n) is 14.4. The first-order valence-electron chi connectivity index (χ1n) is 8.28. The van der Waals surface area contributed by atoms with E-state index in [9.17, 15) is 13.2 Å². The first-order chi connectivity index (χ1) is 12.9. The molecule has 0 aromatic heterocycles. The molecule has 0 spiro atoms. The van der Waals surface area contributed by atoms with Gasteiger partial charge in [-0.25, -0.2) is 13.2 Å². The van der Waals surface area contributed by atoms with Crippen LogP contribution in [0.25, 0.3) is 6.08 Å². The van der Waals surface area contributed by atoms with Crippen LogP contribution < -0.4 is 4.74 Å². The molecule has 0 aliphatic carbocycles. The molecule has 1 heterocycles. The molecule has 1 fully saturated rings. The van der Waals surface area contributed by atoms with Crippen molar-refractivity contribution in [1.29, 1.82) is 0 Å². The predicted molar refractivity (Wildman–Crippen MR) is 102 cm³/mol. The zero-order valence-corrected chi connectivity index (χ0v) is 15.9. The molecule has 0 atom stereocenters. The number of ether oxygens (including phenoxy) is 2. The van der Waals surface area contributed by atoms with E-state index >= 15 is 0 Å². The number of hydrogen-bond donors (Lipinski definition) is 0. The quantitative estimate of drug-likeness (QED) is 0.433. The van der Waals surface area contributed by atoms with E-state index < -0.39 is 16.0 Å². The molecule has 0 unspecified atom stereocenters. The average molecular weight is 408 g/mol. The van der Waals surface area contributed by atoms with Crippen LogP contribution in [0.1, 0.15) is 5.56 Å². The summed E-state index contributed by atoms with van der Waals surface area (Å²) in [5.74, 6) is -0.296. The fourth-order valence-corrected chi connectivity index (χ4v) is 4.04. The van der Waals surface area contributed by atoms with E-state index in [0.717, 1.165) is 5.56 Å². The van der Waals surface area contributed by atoms with E-state index in [0.29, 0.717) is 31.3 Å². The summed E-state index contributed by atoms with van der Waals surface area (Å²) in [7, 11) is -3.57. The normalized spacial score (nSPS) is 15.7. The van der Waals surface area contributed by atoms with Crippen LogP contribution in [-0.2, 0) is 19.6 Å². The van der Waals surface area contributed by atoms with Crippen molar-refractivity contribution in [3.8, 4) is 5.75 Å². The highest BCUT2D eigenvalue weighted by Gasteiger charge is 2.26. The Balaban J connectivity index is 1.63. The first-order valence-corrected chi connectivity index (χ1v) is 10.1. The fraction of sp³-hybridized carbons (Fsp3) is 0.211. The van der Waals surface area contributed by atoms with Gasteiger partial charge in [0.25, 0.3) is 0 Å². The largest absolute Gasteiger partial charge is 0.423 e. The number of hydrogen-bond acceptors (Lipinski definition) is 5. The van der Waals surface area contributed by atoms with Crippen LogP contribution in [0, 0.1) is 0 Å². The van der Waals surface area contributed by atoms with Crippen LogP contribution in [0.4, 0.5) is 0 Å². The maximum absolute atomic E-state index is 12.5. The van der Waals surface area contributed by atoms with Gasteiger partial charge in [-0.05, 0) is 48.0 Å². The van der Waals surface area contributed by atoms with Gasteiger partial charge < -0.3 is 9.47 Å². The molecular weight excluding hydrogens is 390 g/mol. The van der Waals surface area contributed by atoms with Crippen LogP contribution in [0.3, 0.4) is 0 Å². The minimum absolute atomic E-state index is 0.154. The third kappa shape index (κ3) is 5.17. The van der Waals surface area contributed by atoms with Crippen molar-refractivity contribution >= 4 is 33.7 Å². The van der Waals surface area contributed by atoms with Crippen molar-refractivity contribution in [2.24, 2.45) is 0 Å². The zero-order chi connectivity index (χ0) is 19.3. The second kappa shape index (κ2) is 8.67. The predicted octanol–water partition coefficient (Wildman–Crippen LogP) is 2.98. The molecule has 6 nitrogen and oxygen atoms in total. The number of rotatable bonds is 5. The summed E-state index contributed by atoms with van der Waals surface area (Å²) < 4.78 is 36.8. The minimum Gasteiger partial charge on any atom is -0.423 e. The molecule has 0 radical (unpaired) electrons. The number of carbonyl (C=O) groups is 1. The maximum atomic E-state index is 12.5. The number of esters is 1. The van der Waals surface area contributed by atoms with Gasteiger partial charge in [0.2, 0.25) is 10.0 Å². The highest BCUT2D eigenvalue weighted by Crippen LogP contribution is 2.20. The van der Waals surface area contributed by atoms with E-state index in [4.69, 9.17) is 21.1 Å². The second-order valence-electron chi connectivity index (χ2n) is 5.79. The van der Waals surface area contributed by atoms with Gasteiger partial charge >= 0.3 is 5.97 Å². The monoisotopic (exact) mass is 407 g/mol. The molecule has 1 aliphatic rings. The van der Waals surface area contributed by atoms with E-state index in [1.54, 1.807) is 30.3 Å². The molecule has 0 bridgehead atoms. The molecule has 8 heteroatoms. The molecule has 0 amide bonds. The Hall–Kier alpha value is -2.19. The van der Waals surface area contributed by atoms with Gasteiger partial charge in [-0.2, -0.15) is 4.31 Å². The van der Waals surface area contributed by atoms with Gasteiger partial charge in [-0.15, -0.1) is 0 Å². The highest BCUT2D eigenvalue weighted by molar-refractivity contribution is 7.89. The van der Waals surface area contributed by atoms with Gasteiger partial charge in [0.15, 0.2) is 0 Å². The molecule has 1 aliphatic heterocycles. The molecule has 27 heavy (non-hydrogen) atoms. The van der Waals surface area contributed by atoms with E-state index in [2.05, 4.69) is 0 Å². The van der Waals surface area contributed by atoms with Crippen LogP contribution in [0.2, 0.25) is 5.02 Å². The first kappa shape index (κ1) is 19.6. The third-order valence-corrected chi connectivity index (χ3v) is 6.10. The Morgan fingerprint density at radius 3 is 2.30 bits per heavy atom. The second-order valence-corrected chi connectivity index (χ2v) is 8.17. The number of morpholine rings is 1. The van der Waals surface area contributed by atoms with Gasteiger partial charge in [0, 0.05) is 24.2 Å². The lowest BCUT2D eigenvalue weighted by atomic mass is 10.2. The Kier molecular flexibility index (Phi) is 6.28. The SMILES string of the molecule is O=C(/C=C/c1ccc(Cl)cc1)Oc1ccc(S(=O)(=O)N2CCOCC2)cc1. The summed E-state index contributed by atoms with van der Waals surface area (Å²) in [6.07, 6.45) is 2.90. The molecular formula is C19H18ClNO5S. The average Bonchev–Trinajstić information content (AvgIpc) is 2.69. The van der Waals surface area contributed by atoms with Crippen LogP contribution in [0.15, 0.2) is 59.5 Å². The van der Waals surface area contributed by atoms with Gasteiger partial charge in [-0.1, -0.05) is 23.7 Å². The van der Waals surface area contributed by atoms with Gasteiger partial charge in [-0.3, -0.25) is 0 Å². The topological polar surface area (TPSA) is 72.9 Å². The molecule has 142 valence electrons. The fourth-order valence-electron chi connectivity index (χ4n) is 2.50. The van der Waals surface area contributed by atoms with Crippen LogP contribution in [-0.4, -0.2) is 45.0 Å². The Morgan fingerprint density at radius 1 is 1.04 bits per heavy atom. The standard InChI is InChI=1S/C19H18ClNO5S/c20-16-4-1-15(2-5-16)3-10-19(22)26-17-6-8-18(9-7-17)27(23,24)21-11-13-25-14-12-21/h1-10H,11-14H2/b10-3+. The smallest absolute Gasteiger partial charge is 0.336 e. The summed E-state index contributed by atoms with van der Waals surface area (Å²) in [6, 6.07) is 12.8. The number of benzene rings is 2. The Morgan fingerprint density at radius 2 is 1.67 bits per heavy atom. The van der Waals surface area contributed by atoms with Crippen molar-refractivity contribution in [2.45, 2.75) is 4.90 Å². The van der Waals surface area contributed by atoms with Crippen molar-refractivity contribution in [1.82, 2.24) is 4.31 Å².